The van der Waals surface area contributed by atoms with Gasteiger partial charge in [0.25, 0.3) is 0 Å². The summed E-state index contributed by atoms with van der Waals surface area (Å²) < 4.78 is 32.4. The van der Waals surface area contributed by atoms with Gasteiger partial charge < -0.3 is 15.1 Å². The van der Waals surface area contributed by atoms with Gasteiger partial charge in [0.1, 0.15) is 17.4 Å². The highest BCUT2D eigenvalue weighted by Crippen LogP contribution is 2.11. The van der Waals surface area contributed by atoms with Crippen LogP contribution < -0.4 is 10.6 Å². The lowest BCUT2D eigenvalue weighted by Crippen LogP contribution is -2.38. The van der Waals surface area contributed by atoms with Crippen LogP contribution in [0.25, 0.3) is 0 Å². The number of nitrogens with one attached hydrogen (secondary N) is 2. The van der Waals surface area contributed by atoms with Crippen molar-refractivity contribution in [3.05, 3.63) is 59.6 Å². The van der Waals surface area contributed by atoms with E-state index in [4.69, 9.17) is 4.42 Å². The Kier molecular flexibility index (Phi) is 9.36. The van der Waals surface area contributed by atoms with Gasteiger partial charge in [0.15, 0.2) is 5.96 Å². The van der Waals surface area contributed by atoms with E-state index >= 15 is 0 Å². The Bertz CT molecular complexity index is 613. The minimum atomic E-state index is -0.522. The van der Waals surface area contributed by atoms with Crippen molar-refractivity contribution in [3.63, 3.8) is 0 Å². The van der Waals surface area contributed by atoms with Crippen molar-refractivity contribution in [2.75, 3.05) is 19.6 Å². The molecule has 0 aliphatic heterocycles. The molecule has 2 rings (SSSR count). The normalized spacial score (nSPS) is 11.0. The number of hydrogen-bond donors (Lipinski definition) is 2. The summed E-state index contributed by atoms with van der Waals surface area (Å²) in [6, 6.07) is 7.63. The molecule has 0 aliphatic carbocycles. The molecular formula is C17H22F2IN3O. The summed E-state index contributed by atoms with van der Waals surface area (Å²) in [5.74, 6) is 0.451. The molecule has 0 radical (unpaired) electrons. The number of benzene rings is 1. The molecule has 1 heterocycles. The Labute approximate surface area is 157 Å². The van der Waals surface area contributed by atoms with Gasteiger partial charge in [-0.3, -0.25) is 4.99 Å². The van der Waals surface area contributed by atoms with E-state index in [1.165, 1.54) is 18.2 Å². The second kappa shape index (κ2) is 11.0. The number of guanidine groups is 1. The van der Waals surface area contributed by atoms with Crippen LogP contribution in [0.15, 0.2) is 46.0 Å². The van der Waals surface area contributed by atoms with E-state index in [0.29, 0.717) is 32.0 Å². The third kappa shape index (κ3) is 6.46. The van der Waals surface area contributed by atoms with Crippen molar-refractivity contribution < 1.29 is 13.2 Å². The minimum absolute atomic E-state index is 0. The molecule has 24 heavy (non-hydrogen) atoms. The Morgan fingerprint density at radius 1 is 1.08 bits per heavy atom. The topological polar surface area (TPSA) is 49.6 Å². The van der Waals surface area contributed by atoms with Crippen LogP contribution in [0, 0.1) is 11.6 Å². The van der Waals surface area contributed by atoms with Gasteiger partial charge in [-0.1, -0.05) is 6.07 Å². The maximum absolute atomic E-state index is 13.6. The molecule has 0 fully saturated rings. The number of hydrogen-bond acceptors (Lipinski definition) is 2. The van der Waals surface area contributed by atoms with Gasteiger partial charge in [-0.25, -0.2) is 8.78 Å². The summed E-state index contributed by atoms with van der Waals surface area (Å²) in [4.78, 5) is 4.41. The first-order valence-corrected chi connectivity index (χ1v) is 7.68. The monoisotopic (exact) mass is 449 g/mol. The molecule has 0 aliphatic rings. The van der Waals surface area contributed by atoms with E-state index in [9.17, 15) is 8.78 Å². The first-order chi connectivity index (χ1) is 11.2. The van der Waals surface area contributed by atoms with E-state index in [1.54, 1.807) is 6.26 Å². The highest BCUT2D eigenvalue weighted by atomic mass is 127. The van der Waals surface area contributed by atoms with Crippen LogP contribution >= 0.6 is 24.0 Å². The van der Waals surface area contributed by atoms with Crippen LogP contribution in [-0.4, -0.2) is 25.6 Å². The van der Waals surface area contributed by atoms with Gasteiger partial charge in [0, 0.05) is 31.6 Å². The van der Waals surface area contributed by atoms with Crippen molar-refractivity contribution in [1.29, 1.82) is 0 Å². The van der Waals surface area contributed by atoms with Gasteiger partial charge >= 0.3 is 0 Å². The fourth-order valence-electron chi connectivity index (χ4n) is 2.15. The Balaban J connectivity index is 0.00000288. The number of aliphatic imine (C=N–C) groups is 1. The van der Waals surface area contributed by atoms with Crippen molar-refractivity contribution in [3.8, 4) is 0 Å². The van der Waals surface area contributed by atoms with E-state index in [-0.39, 0.29) is 36.0 Å². The van der Waals surface area contributed by atoms with E-state index in [1.807, 2.05) is 19.1 Å². The highest BCUT2D eigenvalue weighted by molar-refractivity contribution is 14.0. The molecule has 1 aromatic heterocycles. The van der Waals surface area contributed by atoms with Gasteiger partial charge in [-0.15, -0.1) is 24.0 Å². The predicted octanol–water partition coefficient (Wildman–Crippen LogP) is 3.52. The summed E-state index contributed by atoms with van der Waals surface area (Å²) in [5.41, 5.74) is 0.0893. The van der Waals surface area contributed by atoms with Gasteiger partial charge in [-0.2, -0.15) is 0 Å². The fourth-order valence-corrected chi connectivity index (χ4v) is 2.15. The molecule has 0 bridgehead atoms. The summed E-state index contributed by atoms with van der Waals surface area (Å²) in [6.07, 6.45) is 2.58. The maximum Gasteiger partial charge on any atom is 0.191 e. The number of rotatable bonds is 7. The van der Waals surface area contributed by atoms with Crippen LogP contribution in [0.4, 0.5) is 8.78 Å². The number of furan rings is 1. The smallest absolute Gasteiger partial charge is 0.191 e. The zero-order valence-electron chi connectivity index (χ0n) is 13.5. The Morgan fingerprint density at radius 3 is 2.46 bits per heavy atom. The minimum Gasteiger partial charge on any atom is -0.469 e. The molecule has 0 amide bonds. The molecule has 0 unspecified atom stereocenters. The zero-order chi connectivity index (χ0) is 16.5. The van der Waals surface area contributed by atoms with Gasteiger partial charge in [0.05, 0.1) is 6.26 Å². The summed E-state index contributed by atoms with van der Waals surface area (Å²) >= 11 is 0. The molecule has 2 aromatic rings. The lowest BCUT2D eigenvalue weighted by atomic mass is 10.1. The second-order valence-electron chi connectivity index (χ2n) is 4.97. The van der Waals surface area contributed by atoms with E-state index < -0.39 is 11.6 Å². The average Bonchev–Trinajstić information content (AvgIpc) is 3.03. The highest BCUT2D eigenvalue weighted by Gasteiger charge is 2.08. The van der Waals surface area contributed by atoms with Crippen LogP contribution in [0.3, 0.4) is 0 Å². The molecule has 4 nitrogen and oxygen atoms in total. The third-order valence-corrected chi connectivity index (χ3v) is 3.28. The molecule has 0 saturated heterocycles. The van der Waals surface area contributed by atoms with Crippen molar-refractivity contribution in [1.82, 2.24) is 10.6 Å². The molecular weight excluding hydrogens is 427 g/mol. The quantitative estimate of drug-likeness (QED) is 0.387. The van der Waals surface area contributed by atoms with Crippen LogP contribution in [-0.2, 0) is 12.8 Å². The summed E-state index contributed by atoms with van der Waals surface area (Å²) in [5, 5.41) is 6.18. The molecule has 0 saturated carbocycles. The van der Waals surface area contributed by atoms with Gasteiger partial charge in [0.2, 0.25) is 0 Å². The van der Waals surface area contributed by atoms with Gasteiger partial charge in [-0.05, 0) is 37.6 Å². The average molecular weight is 449 g/mol. The lowest BCUT2D eigenvalue weighted by Gasteiger charge is -2.11. The molecule has 0 atom stereocenters. The largest absolute Gasteiger partial charge is 0.469 e. The SMILES string of the molecule is CCNC(=NCCc1ccco1)NCCc1c(F)cccc1F.I. The molecule has 1 aromatic carbocycles. The maximum atomic E-state index is 13.6. The second-order valence-corrected chi connectivity index (χ2v) is 4.97. The van der Waals surface area contributed by atoms with E-state index in [0.717, 1.165) is 5.76 Å². The molecule has 7 heteroatoms. The standard InChI is InChI=1S/C17H21F2N3O.HI/c1-2-20-17(21-10-8-13-5-4-12-23-13)22-11-9-14-15(18)6-3-7-16(14)19;/h3-7,12H,2,8-11H2,1H3,(H2,20,21,22);1H. The third-order valence-electron chi connectivity index (χ3n) is 3.28. The molecule has 2 N–H and O–H groups in total. The fraction of sp³-hybridized carbons (Fsp3) is 0.353. The first kappa shape index (κ1) is 20.4. The predicted molar refractivity (Wildman–Crippen MR) is 102 cm³/mol. The van der Waals surface area contributed by atoms with Crippen molar-refractivity contribution in [2.24, 2.45) is 4.99 Å². The van der Waals surface area contributed by atoms with E-state index in [2.05, 4.69) is 15.6 Å². The summed E-state index contributed by atoms with van der Waals surface area (Å²) in [6.45, 7) is 3.63. The van der Waals surface area contributed by atoms with Crippen molar-refractivity contribution >= 4 is 29.9 Å². The number of nitrogens with zero attached hydrogens (tertiary/aromatic N) is 1. The van der Waals surface area contributed by atoms with Crippen LogP contribution in [0.5, 0.6) is 0 Å². The van der Waals surface area contributed by atoms with Crippen LogP contribution in [0.2, 0.25) is 0 Å². The zero-order valence-corrected chi connectivity index (χ0v) is 15.8. The first-order valence-electron chi connectivity index (χ1n) is 7.68. The molecule has 132 valence electrons. The number of halogens is 3. The lowest BCUT2D eigenvalue weighted by molar-refractivity contribution is 0.510. The molecule has 0 spiro atoms. The summed E-state index contributed by atoms with van der Waals surface area (Å²) in [7, 11) is 0. The van der Waals surface area contributed by atoms with Crippen LogP contribution in [0.1, 0.15) is 18.2 Å². The Hall–Kier alpha value is -1.64. The Morgan fingerprint density at radius 2 is 1.83 bits per heavy atom. The van der Waals surface area contributed by atoms with Crippen molar-refractivity contribution in [2.45, 2.75) is 19.8 Å².